The third-order valence-electron chi connectivity index (χ3n) is 3.35. The van der Waals surface area contributed by atoms with Crippen molar-refractivity contribution >= 4 is 51.0 Å². The number of amides is 1. The van der Waals surface area contributed by atoms with Crippen molar-refractivity contribution in [2.45, 2.75) is 26.7 Å². The zero-order valence-corrected chi connectivity index (χ0v) is 15.8. The molecule has 24 heavy (non-hydrogen) atoms. The first kappa shape index (κ1) is 18.5. The van der Waals surface area contributed by atoms with E-state index in [0.29, 0.717) is 28.4 Å². The predicted octanol–water partition coefficient (Wildman–Crippen LogP) is 5.61. The van der Waals surface area contributed by atoms with Gasteiger partial charge in [-0.1, -0.05) is 34.5 Å². The van der Waals surface area contributed by atoms with Crippen molar-refractivity contribution in [2.24, 2.45) is 4.99 Å². The molecule has 2 aromatic carbocycles. The molecule has 6 heteroatoms. The zero-order chi connectivity index (χ0) is 17.7. The van der Waals surface area contributed by atoms with Gasteiger partial charge >= 0.3 is 0 Å². The summed E-state index contributed by atoms with van der Waals surface area (Å²) in [4.78, 5) is 16.0. The summed E-state index contributed by atoms with van der Waals surface area (Å²) in [5, 5.41) is 13.3. The van der Waals surface area contributed by atoms with Gasteiger partial charge in [-0.25, -0.2) is 0 Å². The average molecular weight is 410 g/mol. The van der Waals surface area contributed by atoms with Crippen LogP contribution in [0.2, 0.25) is 5.02 Å². The van der Waals surface area contributed by atoms with E-state index in [-0.39, 0.29) is 11.7 Å². The topological polar surface area (TPSA) is 61.7 Å². The maximum absolute atomic E-state index is 11.6. The summed E-state index contributed by atoms with van der Waals surface area (Å²) in [5.74, 6) is 0.127. The quantitative estimate of drug-likeness (QED) is 0.631. The van der Waals surface area contributed by atoms with Gasteiger partial charge in [0.05, 0.1) is 16.4 Å². The second-order valence-electron chi connectivity index (χ2n) is 5.38. The van der Waals surface area contributed by atoms with Crippen LogP contribution < -0.4 is 5.32 Å². The predicted molar refractivity (Wildman–Crippen MR) is 103 cm³/mol. The van der Waals surface area contributed by atoms with Crippen LogP contribution in [0.1, 0.15) is 30.9 Å². The van der Waals surface area contributed by atoms with E-state index in [1.54, 1.807) is 30.5 Å². The number of phenols is 1. The van der Waals surface area contributed by atoms with Crippen LogP contribution in [0.25, 0.3) is 0 Å². The fourth-order valence-corrected chi connectivity index (χ4v) is 2.94. The summed E-state index contributed by atoms with van der Waals surface area (Å²) >= 11 is 9.59. The Labute approximate surface area is 154 Å². The number of anilines is 1. The number of rotatable bonds is 5. The SMILES string of the molecule is CCCC(=O)Nc1ccc(N=Cc2cc(Br)cc(C)c2O)cc1Cl. The molecule has 2 N–H and O–H groups in total. The Kier molecular flexibility index (Phi) is 6.40. The Balaban J connectivity index is 2.19. The first-order valence-corrected chi connectivity index (χ1v) is 8.70. The number of aliphatic imine (C=N–C) groups is 1. The molecule has 2 rings (SSSR count). The molecule has 2 aromatic rings. The molecular weight excluding hydrogens is 392 g/mol. The summed E-state index contributed by atoms with van der Waals surface area (Å²) in [6, 6.07) is 8.76. The molecule has 0 bridgehead atoms. The number of halogens is 2. The maximum atomic E-state index is 11.6. The molecule has 0 aromatic heterocycles. The van der Waals surface area contributed by atoms with Gasteiger partial charge in [0.1, 0.15) is 5.75 Å². The summed E-state index contributed by atoms with van der Waals surface area (Å²) in [6.45, 7) is 3.76. The summed E-state index contributed by atoms with van der Waals surface area (Å²) in [7, 11) is 0. The number of hydrogen-bond donors (Lipinski definition) is 2. The van der Waals surface area contributed by atoms with E-state index in [2.05, 4.69) is 26.2 Å². The van der Waals surface area contributed by atoms with Gasteiger partial charge in [0, 0.05) is 22.7 Å². The fourth-order valence-electron chi connectivity index (χ4n) is 2.13. The lowest BCUT2D eigenvalue weighted by Gasteiger charge is -2.07. The molecule has 0 saturated carbocycles. The molecule has 4 nitrogen and oxygen atoms in total. The molecule has 126 valence electrons. The van der Waals surface area contributed by atoms with Crippen LogP contribution in [0.15, 0.2) is 39.8 Å². The third kappa shape index (κ3) is 4.82. The number of hydrogen-bond acceptors (Lipinski definition) is 3. The van der Waals surface area contributed by atoms with Crippen LogP contribution in [-0.2, 0) is 4.79 Å². The first-order valence-electron chi connectivity index (χ1n) is 7.53. The van der Waals surface area contributed by atoms with Crippen LogP contribution >= 0.6 is 27.5 Å². The lowest BCUT2D eigenvalue weighted by molar-refractivity contribution is -0.116. The number of phenolic OH excluding ortho intramolecular Hbond substituents is 1. The van der Waals surface area contributed by atoms with Gasteiger partial charge < -0.3 is 10.4 Å². The summed E-state index contributed by atoms with van der Waals surface area (Å²) in [5.41, 5.74) is 2.57. The number of aryl methyl sites for hydroxylation is 1. The van der Waals surface area contributed by atoms with Gasteiger partial charge in [0.25, 0.3) is 0 Å². The highest BCUT2D eigenvalue weighted by molar-refractivity contribution is 9.10. The minimum absolute atomic E-state index is 0.0646. The molecule has 0 fully saturated rings. The largest absolute Gasteiger partial charge is 0.507 e. The van der Waals surface area contributed by atoms with Crippen LogP contribution in [0.5, 0.6) is 5.75 Å². The molecule has 0 aliphatic carbocycles. The van der Waals surface area contributed by atoms with Crippen molar-refractivity contribution in [1.29, 1.82) is 0 Å². The van der Waals surface area contributed by atoms with E-state index < -0.39 is 0 Å². The fraction of sp³-hybridized carbons (Fsp3) is 0.222. The van der Waals surface area contributed by atoms with Crippen molar-refractivity contribution in [1.82, 2.24) is 0 Å². The minimum atomic E-state index is -0.0646. The molecule has 0 atom stereocenters. The highest BCUT2D eigenvalue weighted by Gasteiger charge is 2.07. The van der Waals surface area contributed by atoms with Crippen LogP contribution in [0.4, 0.5) is 11.4 Å². The van der Waals surface area contributed by atoms with Gasteiger partial charge in [0.15, 0.2) is 0 Å². The molecule has 1 amide bonds. The highest BCUT2D eigenvalue weighted by Crippen LogP contribution is 2.29. The summed E-state index contributed by atoms with van der Waals surface area (Å²) < 4.78 is 0.867. The highest BCUT2D eigenvalue weighted by atomic mass is 79.9. The minimum Gasteiger partial charge on any atom is -0.507 e. The summed E-state index contributed by atoms with van der Waals surface area (Å²) in [6.07, 6.45) is 2.81. The smallest absolute Gasteiger partial charge is 0.224 e. The monoisotopic (exact) mass is 408 g/mol. The van der Waals surface area contributed by atoms with Crippen molar-refractivity contribution in [3.63, 3.8) is 0 Å². The maximum Gasteiger partial charge on any atom is 0.224 e. The molecule has 0 radical (unpaired) electrons. The Morgan fingerprint density at radius 2 is 2.12 bits per heavy atom. The molecular formula is C18H18BrClN2O2. The average Bonchev–Trinajstić information content (AvgIpc) is 2.52. The Hall–Kier alpha value is -1.85. The van der Waals surface area contributed by atoms with Crippen molar-refractivity contribution in [3.05, 3.63) is 51.0 Å². The van der Waals surface area contributed by atoms with Gasteiger partial charge in [-0.3, -0.25) is 9.79 Å². The van der Waals surface area contributed by atoms with Crippen molar-refractivity contribution in [2.75, 3.05) is 5.32 Å². The van der Waals surface area contributed by atoms with Crippen molar-refractivity contribution in [3.8, 4) is 5.75 Å². The lowest BCUT2D eigenvalue weighted by Crippen LogP contribution is -2.10. The van der Waals surface area contributed by atoms with Crippen LogP contribution in [0.3, 0.4) is 0 Å². The van der Waals surface area contributed by atoms with Gasteiger partial charge in [0.2, 0.25) is 5.91 Å². The van der Waals surface area contributed by atoms with E-state index in [1.165, 1.54) is 0 Å². The van der Waals surface area contributed by atoms with Gasteiger partial charge in [-0.15, -0.1) is 0 Å². The van der Waals surface area contributed by atoms with Gasteiger partial charge in [-0.2, -0.15) is 0 Å². The molecule has 0 saturated heterocycles. The van der Waals surface area contributed by atoms with E-state index in [0.717, 1.165) is 16.5 Å². The Bertz CT molecular complexity index is 791. The number of benzene rings is 2. The number of carbonyl (C=O) groups excluding carboxylic acids is 1. The third-order valence-corrected chi connectivity index (χ3v) is 4.12. The van der Waals surface area contributed by atoms with Crippen molar-refractivity contribution < 1.29 is 9.90 Å². The van der Waals surface area contributed by atoms with E-state index >= 15 is 0 Å². The first-order chi connectivity index (χ1) is 11.4. The molecule has 0 heterocycles. The Morgan fingerprint density at radius 3 is 2.79 bits per heavy atom. The Morgan fingerprint density at radius 1 is 1.38 bits per heavy atom. The number of nitrogens with one attached hydrogen (secondary N) is 1. The number of carbonyl (C=O) groups is 1. The standard InChI is InChI=1S/C18H18BrClN2O2/c1-3-4-17(23)22-16-6-5-14(9-15(16)20)21-10-12-8-13(19)7-11(2)18(12)24/h5-10,24H,3-4H2,1-2H3,(H,22,23). The second kappa shape index (κ2) is 8.31. The van der Waals surface area contributed by atoms with E-state index in [9.17, 15) is 9.90 Å². The second-order valence-corrected chi connectivity index (χ2v) is 6.70. The zero-order valence-electron chi connectivity index (χ0n) is 13.4. The molecule has 0 aliphatic rings. The number of aromatic hydroxyl groups is 1. The van der Waals surface area contributed by atoms with Crippen LogP contribution in [-0.4, -0.2) is 17.2 Å². The van der Waals surface area contributed by atoms with E-state index in [4.69, 9.17) is 11.6 Å². The number of nitrogens with zero attached hydrogens (tertiary/aromatic N) is 1. The lowest BCUT2D eigenvalue weighted by atomic mass is 10.1. The molecule has 0 unspecified atom stereocenters. The van der Waals surface area contributed by atoms with Gasteiger partial charge in [-0.05, 0) is 49.2 Å². The molecule has 0 aliphatic heterocycles. The van der Waals surface area contributed by atoms with Crippen LogP contribution in [0, 0.1) is 6.92 Å². The molecule has 0 spiro atoms. The van der Waals surface area contributed by atoms with E-state index in [1.807, 2.05) is 19.9 Å². The normalized spacial score (nSPS) is 11.0.